The molecule has 1 aromatic carbocycles. The fourth-order valence-electron chi connectivity index (χ4n) is 2.36. The van der Waals surface area contributed by atoms with Crippen molar-refractivity contribution in [2.45, 2.75) is 12.1 Å². The summed E-state index contributed by atoms with van der Waals surface area (Å²) in [5.74, 6) is -1.43. The van der Waals surface area contributed by atoms with Gasteiger partial charge < -0.3 is 0 Å². The molecule has 7 nitrogen and oxygen atoms in total. The second-order valence-electron chi connectivity index (χ2n) is 5.25. The summed E-state index contributed by atoms with van der Waals surface area (Å²) in [6.45, 7) is 1.78. The molecule has 0 atom stereocenters. The van der Waals surface area contributed by atoms with Crippen molar-refractivity contribution in [3.8, 4) is 0 Å². The highest BCUT2D eigenvalue weighted by molar-refractivity contribution is 7.98. The highest BCUT2D eigenvalue weighted by Gasteiger charge is 2.37. The van der Waals surface area contributed by atoms with Crippen molar-refractivity contribution in [1.82, 2.24) is 15.3 Å². The monoisotopic (exact) mass is 354 g/mol. The van der Waals surface area contributed by atoms with E-state index in [1.54, 1.807) is 31.2 Å². The van der Waals surface area contributed by atoms with Crippen LogP contribution in [0.1, 0.15) is 11.1 Å². The lowest BCUT2D eigenvalue weighted by atomic mass is 10.1. The normalized spacial score (nSPS) is 16.3. The van der Waals surface area contributed by atoms with Crippen LogP contribution < -0.4 is 10.2 Å². The predicted octanol–water partition coefficient (Wildman–Crippen LogP) is 2.17. The first-order chi connectivity index (χ1) is 12.0. The highest BCUT2D eigenvalue weighted by Crippen LogP contribution is 2.24. The van der Waals surface area contributed by atoms with Gasteiger partial charge in [0.2, 0.25) is 0 Å². The van der Waals surface area contributed by atoms with E-state index in [4.69, 9.17) is 0 Å². The Balaban J connectivity index is 2.00. The summed E-state index contributed by atoms with van der Waals surface area (Å²) in [6, 6.07) is 6.19. The van der Waals surface area contributed by atoms with Gasteiger partial charge in [-0.15, -0.1) is 0 Å². The quantitative estimate of drug-likeness (QED) is 0.393. The van der Waals surface area contributed by atoms with Gasteiger partial charge in [-0.3, -0.25) is 14.9 Å². The summed E-state index contributed by atoms with van der Waals surface area (Å²) in [6.07, 6.45) is 6.25. The number of barbiturate groups is 1. The summed E-state index contributed by atoms with van der Waals surface area (Å²) in [5.41, 5.74) is 1.52. The smallest absolute Gasteiger partial charge is 0.273 e. The van der Waals surface area contributed by atoms with Crippen LogP contribution in [0.2, 0.25) is 0 Å². The Kier molecular flexibility index (Phi) is 4.62. The van der Waals surface area contributed by atoms with Gasteiger partial charge in [0.1, 0.15) is 5.57 Å². The lowest BCUT2D eigenvalue weighted by molar-refractivity contribution is -0.122. The van der Waals surface area contributed by atoms with E-state index in [2.05, 4.69) is 15.3 Å². The van der Waals surface area contributed by atoms with Gasteiger partial charge in [0.25, 0.3) is 11.8 Å². The third kappa shape index (κ3) is 3.29. The van der Waals surface area contributed by atoms with Crippen molar-refractivity contribution in [3.05, 3.63) is 53.4 Å². The summed E-state index contributed by atoms with van der Waals surface area (Å²) in [7, 11) is 0. The zero-order chi connectivity index (χ0) is 18.0. The van der Waals surface area contributed by atoms with Gasteiger partial charge in [-0.05, 0) is 30.9 Å². The van der Waals surface area contributed by atoms with Gasteiger partial charge in [0, 0.05) is 18.0 Å². The number of amides is 4. The van der Waals surface area contributed by atoms with Crippen LogP contribution in [0.5, 0.6) is 0 Å². The van der Waals surface area contributed by atoms with Gasteiger partial charge in [0.15, 0.2) is 5.16 Å². The second-order valence-corrected chi connectivity index (χ2v) is 6.02. The summed E-state index contributed by atoms with van der Waals surface area (Å²) >= 11 is 1.38. The Morgan fingerprint density at radius 2 is 1.80 bits per heavy atom. The van der Waals surface area contributed by atoms with Crippen LogP contribution in [-0.4, -0.2) is 34.1 Å². The standard InChI is InChI=1S/C17H14N4O3S/c1-10-5-3-4-6-13(10)21-15(23)12(14(22)20-17(21)24)7-11-8-18-16(25-2)19-9-11/h3-9H,1-2H3,(H,20,22,24). The Hall–Kier alpha value is -3.00. The maximum absolute atomic E-state index is 12.8. The van der Waals surface area contributed by atoms with Crippen LogP contribution >= 0.6 is 11.8 Å². The number of aromatic nitrogens is 2. The minimum absolute atomic E-state index is 0.150. The lowest BCUT2D eigenvalue weighted by Gasteiger charge is -2.27. The van der Waals surface area contributed by atoms with E-state index < -0.39 is 17.8 Å². The molecule has 3 rings (SSSR count). The number of hydrogen-bond donors (Lipinski definition) is 1. The number of thioether (sulfide) groups is 1. The molecule has 8 heteroatoms. The van der Waals surface area contributed by atoms with Crippen LogP contribution in [0.15, 0.2) is 47.4 Å². The average Bonchev–Trinajstić information content (AvgIpc) is 2.60. The fourth-order valence-corrected chi connectivity index (χ4v) is 2.68. The number of imide groups is 2. The Morgan fingerprint density at radius 3 is 2.44 bits per heavy atom. The van der Waals surface area contributed by atoms with E-state index in [1.165, 1.54) is 30.2 Å². The molecule has 0 radical (unpaired) electrons. The molecule has 126 valence electrons. The summed E-state index contributed by atoms with van der Waals surface area (Å²) in [4.78, 5) is 46.2. The molecule has 1 aliphatic heterocycles. The van der Waals surface area contributed by atoms with Gasteiger partial charge in [-0.25, -0.2) is 19.7 Å². The van der Waals surface area contributed by atoms with Crippen molar-refractivity contribution in [3.63, 3.8) is 0 Å². The first kappa shape index (κ1) is 16.8. The maximum atomic E-state index is 12.8. The first-order valence-electron chi connectivity index (χ1n) is 7.34. The molecule has 0 bridgehead atoms. The van der Waals surface area contributed by atoms with Crippen molar-refractivity contribution < 1.29 is 14.4 Å². The highest BCUT2D eigenvalue weighted by atomic mass is 32.2. The molecule has 2 heterocycles. The average molecular weight is 354 g/mol. The second kappa shape index (κ2) is 6.86. The molecule has 0 aliphatic carbocycles. The maximum Gasteiger partial charge on any atom is 0.335 e. The fraction of sp³-hybridized carbons (Fsp3) is 0.118. The van der Waals surface area contributed by atoms with Crippen LogP contribution in [0.4, 0.5) is 10.5 Å². The van der Waals surface area contributed by atoms with Gasteiger partial charge >= 0.3 is 6.03 Å². The number of nitrogens with zero attached hydrogens (tertiary/aromatic N) is 3. The third-order valence-corrected chi connectivity index (χ3v) is 4.18. The zero-order valence-corrected chi connectivity index (χ0v) is 14.3. The predicted molar refractivity (Wildman–Crippen MR) is 94.0 cm³/mol. The van der Waals surface area contributed by atoms with E-state index in [0.717, 1.165) is 10.5 Å². The Morgan fingerprint density at radius 1 is 1.12 bits per heavy atom. The van der Waals surface area contributed by atoms with Crippen LogP contribution in [0.3, 0.4) is 0 Å². The summed E-state index contributed by atoms with van der Waals surface area (Å²) in [5, 5.41) is 2.77. The number of hydrogen-bond acceptors (Lipinski definition) is 6. The molecule has 4 amide bonds. The third-order valence-electron chi connectivity index (χ3n) is 3.60. The molecule has 1 N–H and O–H groups in total. The Bertz CT molecular complexity index is 893. The molecule has 2 aromatic rings. The number of nitrogens with one attached hydrogen (secondary N) is 1. The largest absolute Gasteiger partial charge is 0.335 e. The minimum Gasteiger partial charge on any atom is -0.273 e. The molecular formula is C17H14N4O3S. The number of aryl methyl sites for hydroxylation is 1. The molecular weight excluding hydrogens is 340 g/mol. The number of anilines is 1. The van der Waals surface area contributed by atoms with Gasteiger partial charge in [-0.2, -0.15) is 0 Å². The molecule has 0 unspecified atom stereocenters. The van der Waals surface area contributed by atoms with E-state index in [1.807, 2.05) is 6.26 Å². The number of benzene rings is 1. The summed E-state index contributed by atoms with van der Waals surface area (Å²) < 4.78 is 0. The van der Waals surface area contributed by atoms with Crippen molar-refractivity contribution >= 4 is 41.4 Å². The number of carbonyl (C=O) groups is 3. The molecule has 0 spiro atoms. The van der Waals surface area contributed by atoms with Crippen molar-refractivity contribution in [1.29, 1.82) is 0 Å². The van der Waals surface area contributed by atoms with E-state index >= 15 is 0 Å². The van der Waals surface area contributed by atoms with Crippen LogP contribution in [0.25, 0.3) is 6.08 Å². The lowest BCUT2D eigenvalue weighted by Crippen LogP contribution is -2.54. The molecule has 1 saturated heterocycles. The first-order valence-corrected chi connectivity index (χ1v) is 8.57. The number of rotatable bonds is 3. The minimum atomic E-state index is -0.768. The SMILES string of the molecule is CSc1ncc(C=C2C(=O)NC(=O)N(c3ccccc3C)C2=O)cn1. The van der Waals surface area contributed by atoms with Crippen molar-refractivity contribution in [2.75, 3.05) is 11.2 Å². The number of urea groups is 1. The number of carbonyl (C=O) groups excluding carboxylic acids is 3. The van der Waals surface area contributed by atoms with Crippen LogP contribution in [0, 0.1) is 6.92 Å². The van der Waals surface area contributed by atoms with E-state index in [9.17, 15) is 14.4 Å². The van der Waals surface area contributed by atoms with Gasteiger partial charge in [0.05, 0.1) is 5.69 Å². The van der Waals surface area contributed by atoms with Crippen molar-refractivity contribution in [2.24, 2.45) is 0 Å². The molecule has 1 fully saturated rings. The van der Waals surface area contributed by atoms with Crippen LogP contribution in [-0.2, 0) is 9.59 Å². The van der Waals surface area contributed by atoms with E-state index in [0.29, 0.717) is 16.4 Å². The number of para-hydroxylation sites is 1. The Labute approximate surface area is 148 Å². The topological polar surface area (TPSA) is 92.3 Å². The zero-order valence-electron chi connectivity index (χ0n) is 13.5. The molecule has 0 saturated carbocycles. The van der Waals surface area contributed by atoms with Gasteiger partial charge in [-0.1, -0.05) is 30.0 Å². The van der Waals surface area contributed by atoms with E-state index in [-0.39, 0.29) is 5.57 Å². The molecule has 1 aliphatic rings. The molecule has 1 aromatic heterocycles. The molecule has 25 heavy (non-hydrogen) atoms.